The molecule has 21 nitrogen and oxygen atoms in total. The molecule has 1 amide bonds. The Bertz CT molecular complexity index is 1140. The predicted octanol–water partition coefficient (Wildman–Crippen LogP) is -5.49. The largest absolute Gasteiger partial charge is 0.400 e. The van der Waals surface area contributed by atoms with E-state index in [2.05, 4.69) is 31.7 Å². The molecule has 11 atom stereocenters. The lowest BCUT2D eigenvalue weighted by atomic mass is 9.97. The lowest BCUT2D eigenvalue weighted by Gasteiger charge is -2.42. The van der Waals surface area contributed by atoms with Crippen LogP contribution >= 0.6 is 9.12 Å². The van der Waals surface area contributed by atoms with E-state index in [4.69, 9.17) is 51.5 Å². The molecule has 0 saturated carbocycles. The Balaban J connectivity index is 1.72. The van der Waals surface area contributed by atoms with Crippen molar-refractivity contribution >= 4 is 22.0 Å². The molecule has 2 fully saturated rings. The summed E-state index contributed by atoms with van der Waals surface area (Å²) in [7, 11) is 2.62. The van der Waals surface area contributed by atoms with Gasteiger partial charge in [-0.15, -0.1) is 0 Å². The van der Waals surface area contributed by atoms with Gasteiger partial charge in [-0.25, -0.2) is 5.84 Å². The smallest absolute Gasteiger partial charge is 0.217 e. The lowest BCUT2D eigenvalue weighted by molar-refractivity contribution is -0.272. The maximum absolute atomic E-state index is 11.6. The number of nitrogens with one attached hydrogen (secondary N) is 2. The third kappa shape index (κ3) is 18.7. The van der Waals surface area contributed by atoms with Crippen LogP contribution in [0.1, 0.15) is 26.2 Å². The monoisotopic (exact) mass is 825 g/mol. The number of aliphatic hydroxyl groups is 6. The van der Waals surface area contributed by atoms with Crippen LogP contribution in [0, 0.1) is 0 Å². The van der Waals surface area contributed by atoms with Crippen LogP contribution in [-0.2, 0) is 33.2 Å². The first-order chi connectivity index (χ1) is 26.8. The Hall–Kier alpha value is -1.96. The molecule has 2 aliphatic heterocycles. The van der Waals surface area contributed by atoms with Gasteiger partial charge in [-0.05, 0) is 13.0 Å². The second-order valence-corrected chi connectivity index (χ2v) is 14.1. The summed E-state index contributed by atoms with van der Waals surface area (Å²) in [6.45, 7) is 5.88. The first-order valence-corrected chi connectivity index (χ1v) is 19.6. The molecule has 1 radical (unpaired) electrons. The minimum absolute atomic E-state index is 0.0687. The summed E-state index contributed by atoms with van der Waals surface area (Å²) >= 11 is 0. The summed E-state index contributed by atoms with van der Waals surface area (Å²) < 4.78 is 33.3. The molecule has 23 heteroatoms. The number of nitrogens with zero attached hydrogens (tertiary/aromatic N) is 2. The van der Waals surface area contributed by atoms with Gasteiger partial charge in [0.15, 0.2) is 12.6 Å². The van der Waals surface area contributed by atoms with Gasteiger partial charge in [0.2, 0.25) is 5.91 Å². The summed E-state index contributed by atoms with van der Waals surface area (Å²) in [4.78, 5) is 13.7. The first kappa shape index (κ1) is 50.2. The van der Waals surface area contributed by atoms with E-state index in [0.717, 1.165) is 32.1 Å². The summed E-state index contributed by atoms with van der Waals surface area (Å²) in [6.07, 6.45) is -2.08. The van der Waals surface area contributed by atoms with Crippen LogP contribution in [0.15, 0.2) is 23.8 Å². The Morgan fingerprint density at radius 2 is 1.43 bits per heavy atom. The Kier molecular flexibility index (Phi) is 25.5. The van der Waals surface area contributed by atoms with Crippen LogP contribution in [-0.4, -0.2) is 200 Å². The van der Waals surface area contributed by atoms with Crippen molar-refractivity contribution in [3.05, 3.63) is 23.8 Å². The number of carbonyl (C=O) groups is 1. The number of hydrazine groups is 1. The molecule has 56 heavy (non-hydrogen) atoms. The quantitative estimate of drug-likeness (QED) is 0.0110. The molecule has 11 unspecified atom stereocenters. The van der Waals surface area contributed by atoms with Gasteiger partial charge >= 0.3 is 0 Å². The Morgan fingerprint density at radius 1 is 0.821 bits per heavy atom. The van der Waals surface area contributed by atoms with E-state index in [1.807, 2.05) is 0 Å². The number of hydrogen-bond donors (Lipinski definition) is 12. The van der Waals surface area contributed by atoms with Crippen LogP contribution in [0.25, 0.3) is 0 Å². The van der Waals surface area contributed by atoms with E-state index >= 15 is 0 Å². The zero-order chi connectivity index (χ0) is 41.5. The van der Waals surface area contributed by atoms with Gasteiger partial charge in [0.1, 0.15) is 49.7 Å². The number of ether oxygens (including phenoxy) is 6. The second kappa shape index (κ2) is 28.5. The van der Waals surface area contributed by atoms with Gasteiger partial charge in [0.05, 0.1) is 65.4 Å². The fourth-order valence-corrected chi connectivity index (χ4v) is 6.13. The highest BCUT2D eigenvalue weighted by molar-refractivity contribution is 7.55. The highest BCUT2D eigenvalue weighted by Gasteiger charge is 2.45. The summed E-state index contributed by atoms with van der Waals surface area (Å²) in [5.74, 6) is 5.70. The SMILES string of the molecule is CC(=O)NC1C(OCCOCCN/C=C(\N)CN(CCCCC[B]P)C/C(N)=C/N(N)CCOCCOC2OC(CO)C(O)C(O)C2N)OC(CO)C(O)C1O. The number of rotatable bonds is 29. The highest BCUT2D eigenvalue weighted by Crippen LogP contribution is 2.23. The Morgan fingerprint density at radius 3 is 2.07 bits per heavy atom. The molecular formula is C33H67BN8O13P. The molecule has 16 N–H and O–H groups in total. The zero-order valence-electron chi connectivity index (χ0n) is 32.3. The number of unbranched alkanes of at least 4 members (excludes halogenated alkanes) is 2. The van der Waals surface area contributed by atoms with Crippen molar-refractivity contribution in [2.75, 3.05) is 85.6 Å². The molecule has 0 aromatic heterocycles. The first-order valence-electron chi connectivity index (χ1n) is 18.9. The summed E-state index contributed by atoms with van der Waals surface area (Å²) in [6, 6.07) is -2.00. The fourth-order valence-electron chi connectivity index (χ4n) is 5.89. The van der Waals surface area contributed by atoms with Crippen molar-refractivity contribution in [2.24, 2.45) is 23.0 Å². The van der Waals surface area contributed by atoms with Gasteiger partial charge in [0.25, 0.3) is 0 Å². The van der Waals surface area contributed by atoms with E-state index in [1.165, 1.54) is 11.9 Å². The third-order valence-corrected chi connectivity index (χ3v) is 9.19. The predicted molar refractivity (Wildman–Crippen MR) is 209 cm³/mol. The van der Waals surface area contributed by atoms with Gasteiger partial charge in [-0.2, -0.15) is 9.12 Å². The van der Waals surface area contributed by atoms with Crippen molar-refractivity contribution < 1.29 is 63.9 Å². The molecule has 2 aliphatic rings. The second-order valence-electron chi connectivity index (χ2n) is 13.6. The van der Waals surface area contributed by atoms with E-state index in [1.54, 1.807) is 12.4 Å². The highest BCUT2D eigenvalue weighted by atomic mass is 31.0. The van der Waals surface area contributed by atoms with Crippen molar-refractivity contribution in [1.82, 2.24) is 20.5 Å². The molecule has 2 heterocycles. The summed E-state index contributed by atoms with van der Waals surface area (Å²) in [5.41, 5.74) is 19.7. The molecule has 0 bridgehead atoms. The van der Waals surface area contributed by atoms with Crippen LogP contribution in [0.3, 0.4) is 0 Å². The normalized spacial score (nSPS) is 28.7. The fraction of sp³-hybridized carbons (Fsp3) is 0.848. The number of hydrogen-bond acceptors (Lipinski definition) is 20. The molecule has 0 aromatic carbocycles. The van der Waals surface area contributed by atoms with E-state index in [-0.39, 0.29) is 33.0 Å². The standard InChI is InChI=1S/C33H67BN8O13P/c1-21(45)40-27-31(49)29(47)25(20-44)55-33(27)53-14-11-50-9-6-39-15-22(35)16-41(7-4-2-3-5-34-56)17-23(36)18-42(38)8-10-51-12-13-52-32-26(37)30(48)28(46)24(19-43)54-32/h15,18,24-33,39,43-44,46-49H,2-14,16-17,19-20,35-38,56H2,1H3,(H,40,45)/b22-15-,23-18-. The van der Waals surface area contributed by atoms with Crippen LogP contribution in [0.4, 0.5) is 0 Å². The van der Waals surface area contributed by atoms with Crippen LogP contribution in [0.5, 0.6) is 0 Å². The number of nitrogens with two attached hydrogens (primary N) is 4. The van der Waals surface area contributed by atoms with E-state index in [9.17, 15) is 35.4 Å². The number of amides is 1. The van der Waals surface area contributed by atoms with Gasteiger partial charge in [-0.3, -0.25) is 9.69 Å². The average molecular weight is 826 g/mol. The lowest BCUT2D eigenvalue weighted by Crippen LogP contribution is -2.64. The van der Waals surface area contributed by atoms with Crippen LogP contribution in [0.2, 0.25) is 6.32 Å². The van der Waals surface area contributed by atoms with Crippen molar-refractivity contribution in [3.63, 3.8) is 0 Å². The summed E-state index contributed by atoms with van der Waals surface area (Å²) in [5, 5.41) is 66.3. The molecule has 0 aromatic rings. The number of aliphatic hydroxyl groups excluding tert-OH is 6. The number of carbonyl (C=O) groups excluding carboxylic acids is 1. The third-order valence-electron chi connectivity index (χ3n) is 8.86. The topological polar surface area (TPSA) is 328 Å². The minimum atomic E-state index is -1.39. The zero-order valence-corrected chi connectivity index (χ0v) is 33.5. The van der Waals surface area contributed by atoms with E-state index in [0.29, 0.717) is 44.2 Å². The maximum Gasteiger partial charge on any atom is 0.217 e. The molecule has 0 aliphatic carbocycles. The van der Waals surface area contributed by atoms with Crippen molar-refractivity contribution in [3.8, 4) is 0 Å². The van der Waals surface area contributed by atoms with Crippen LogP contribution < -0.4 is 33.7 Å². The van der Waals surface area contributed by atoms with Crippen molar-refractivity contribution in [2.45, 2.75) is 93.8 Å². The molecular weight excluding hydrogens is 758 g/mol. The average Bonchev–Trinajstić information content (AvgIpc) is 3.16. The van der Waals surface area contributed by atoms with Gasteiger partial charge in [0, 0.05) is 50.4 Å². The molecule has 0 spiro atoms. The maximum atomic E-state index is 11.6. The molecule has 2 saturated heterocycles. The van der Waals surface area contributed by atoms with Gasteiger partial charge < -0.3 is 91.9 Å². The van der Waals surface area contributed by atoms with Gasteiger partial charge in [-0.1, -0.05) is 19.2 Å². The van der Waals surface area contributed by atoms with Crippen molar-refractivity contribution in [1.29, 1.82) is 0 Å². The molecule has 325 valence electrons. The Labute approximate surface area is 332 Å². The molecule has 2 rings (SSSR count). The van der Waals surface area contributed by atoms with E-state index < -0.39 is 80.4 Å². The minimum Gasteiger partial charge on any atom is -0.400 e.